The summed E-state index contributed by atoms with van der Waals surface area (Å²) in [6, 6.07) is 5.08. The summed E-state index contributed by atoms with van der Waals surface area (Å²) in [7, 11) is 0. The van der Waals surface area contributed by atoms with E-state index < -0.39 is 5.97 Å². The Hall–Kier alpha value is -1.91. The highest BCUT2D eigenvalue weighted by Crippen LogP contribution is 2.33. The normalized spacial score (nSPS) is 16.7. The lowest BCUT2D eigenvalue weighted by molar-refractivity contribution is 0.0688. The molecule has 2 heterocycles. The monoisotopic (exact) mass is 231 g/mol. The second-order valence-corrected chi connectivity index (χ2v) is 4.45. The Kier molecular flexibility index (Phi) is 2.31. The third kappa shape index (κ3) is 1.58. The van der Waals surface area contributed by atoms with Crippen molar-refractivity contribution in [1.29, 1.82) is 0 Å². The van der Waals surface area contributed by atoms with E-state index in [0.717, 1.165) is 18.7 Å². The van der Waals surface area contributed by atoms with Gasteiger partial charge in [-0.3, -0.25) is 4.40 Å². The second kappa shape index (κ2) is 3.84. The van der Waals surface area contributed by atoms with E-state index in [4.69, 9.17) is 0 Å². The summed E-state index contributed by atoms with van der Waals surface area (Å²) in [6.45, 7) is 0. The van der Waals surface area contributed by atoms with Crippen LogP contribution in [0, 0.1) is 0 Å². The Bertz CT molecular complexity index is 570. The van der Waals surface area contributed by atoms with E-state index >= 15 is 0 Å². The van der Waals surface area contributed by atoms with Crippen LogP contribution in [0.5, 0.6) is 0 Å². The molecule has 0 bridgehead atoms. The van der Waals surface area contributed by atoms with Crippen molar-refractivity contribution in [2.75, 3.05) is 0 Å². The van der Waals surface area contributed by atoms with Crippen LogP contribution in [0.25, 0.3) is 5.65 Å². The van der Waals surface area contributed by atoms with E-state index in [0.29, 0.717) is 11.6 Å². The van der Waals surface area contributed by atoms with Crippen LogP contribution in [-0.2, 0) is 0 Å². The van der Waals surface area contributed by atoms with Gasteiger partial charge < -0.3 is 5.11 Å². The first-order chi connectivity index (χ1) is 8.27. The molecule has 5 nitrogen and oxygen atoms in total. The first-order valence-corrected chi connectivity index (χ1v) is 5.84. The van der Waals surface area contributed by atoms with E-state index in [1.165, 1.54) is 12.8 Å². The van der Waals surface area contributed by atoms with Gasteiger partial charge in [0.2, 0.25) is 0 Å². The minimum atomic E-state index is -0.936. The van der Waals surface area contributed by atoms with E-state index in [1.807, 2.05) is 0 Å². The summed E-state index contributed by atoms with van der Waals surface area (Å²) in [5.41, 5.74) is 0.862. The summed E-state index contributed by atoms with van der Waals surface area (Å²) in [5.74, 6) is 0.218. The molecule has 17 heavy (non-hydrogen) atoms. The predicted octanol–water partition coefficient (Wildman–Crippen LogP) is 2.09. The fourth-order valence-corrected chi connectivity index (χ4v) is 2.58. The van der Waals surface area contributed by atoms with Crippen molar-refractivity contribution >= 4 is 11.6 Å². The first-order valence-electron chi connectivity index (χ1n) is 5.84. The number of rotatable bonds is 2. The lowest BCUT2D eigenvalue weighted by Gasteiger charge is -2.08. The average molecular weight is 231 g/mol. The molecule has 1 aliphatic rings. The van der Waals surface area contributed by atoms with Crippen LogP contribution >= 0.6 is 0 Å². The van der Waals surface area contributed by atoms with Gasteiger partial charge in [-0.25, -0.2) is 4.79 Å². The molecule has 0 atom stereocenters. The van der Waals surface area contributed by atoms with Crippen molar-refractivity contribution in [2.45, 2.75) is 31.6 Å². The molecule has 2 aromatic heterocycles. The highest BCUT2D eigenvalue weighted by molar-refractivity contribution is 5.86. The summed E-state index contributed by atoms with van der Waals surface area (Å²) in [4.78, 5) is 11.2. The molecule has 0 spiro atoms. The van der Waals surface area contributed by atoms with E-state index in [9.17, 15) is 9.90 Å². The smallest absolute Gasteiger partial charge is 0.352 e. The molecular formula is C12H13N3O2. The van der Waals surface area contributed by atoms with Crippen molar-refractivity contribution in [2.24, 2.45) is 0 Å². The van der Waals surface area contributed by atoms with Crippen LogP contribution in [-0.4, -0.2) is 25.7 Å². The zero-order chi connectivity index (χ0) is 11.8. The maximum Gasteiger partial charge on any atom is 0.352 e. The Morgan fingerprint density at radius 1 is 1.29 bits per heavy atom. The third-order valence-corrected chi connectivity index (χ3v) is 3.39. The molecule has 1 aliphatic carbocycles. The maximum absolute atomic E-state index is 11.2. The van der Waals surface area contributed by atoms with Gasteiger partial charge >= 0.3 is 5.97 Å². The summed E-state index contributed by atoms with van der Waals surface area (Å²) in [5, 5.41) is 17.4. The lowest BCUT2D eigenvalue weighted by atomic mass is 10.1. The van der Waals surface area contributed by atoms with Gasteiger partial charge in [0, 0.05) is 5.92 Å². The van der Waals surface area contributed by atoms with Crippen molar-refractivity contribution in [1.82, 2.24) is 14.6 Å². The highest BCUT2D eigenvalue weighted by atomic mass is 16.4. The topological polar surface area (TPSA) is 67.5 Å². The number of carboxylic acids is 1. The van der Waals surface area contributed by atoms with E-state index in [-0.39, 0.29) is 5.69 Å². The van der Waals surface area contributed by atoms with Crippen molar-refractivity contribution in [3.63, 3.8) is 0 Å². The molecule has 5 heteroatoms. The SMILES string of the molecule is O=C(O)c1cccc2nnc(C3CCCC3)n12. The van der Waals surface area contributed by atoms with Crippen LogP contribution in [0.2, 0.25) is 0 Å². The van der Waals surface area contributed by atoms with Crippen LogP contribution in [0.15, 0.2) is 18.2 Å². The molecule has 88 valence electrons. The van der Waals surface area contributed by atoms with Crippen molar-refractivity contribution in [3.8, 4) is 0 Å². The molecule has 0 radical (unpaired) electrons. The van der Waals surface area contributed by atoms with E-state index in [2.05, 4.69) is 10.2 Å². The molecular weight excluding hydrogens is 218 g/mol. The number of fused-ring (bicyclic) bond motifs is 1. The number of hydrogen-bond acceptors (Lipinski definition) is 3. The van der Waals surface area contributed by atoms with Gasteiger partial charge in [0.25, 0.3) is 0 Å². The fourth-order valence-electron chi connectivity index (χ4n) is 2.58. The second-order valence-electron chi connectivity index (χ2n) is 4.45. The molecule has 2 aromatic rings. The predicted molar refractivity (Wildman–Crippen MR) is 61.2 cm³/mol. The van der Waals surface area contributed by atoms with Crippen LogP contribution in [0.3, 0.4) is 0 Å². The third-order valence-electron chi connectivity index (χ3n) is 3.39. The zero-order valence-electron chi connectivity index (χ0n) is 9.33. The molecule has 0 aliphatic heterocycles. The molecule has 1 fully saturated rings. The molecule has 0 unspecified atom stereocenters. The molecule has 0 aromatic carbocycles. The van der Waals surface area contributed by atoms with Gasteiger partial charge in [-0.2, -0.15) is 0 Å². The highest BCUT2D eigenvalue weighted by Gasteiger charge is 2.24. The number of aromatic carboxylic acids is 1. The van der Waals surface area contributed by atoms with Crippen LogP contribution in [0.1, 0.15) is 47.9 Å². The van der Waals surface area contributed by atoms with Gasteiger partial charge in [0.1, 0.15) is 11.5 Å². The Morgan fingerprint density at radius 2 is 2.06 bits per heavy atom. The Morgan fingerprint density at radius 3 is 2.76 bits per heavy atom. The Balaban J connectivity index is 2.21. The standard InChI is InChI=1S/C12H13N3O2/c16-12(17)9-6-3-7-10-13-14-11(15(9)10)8-4-1-2-5-8/h3,6-8H,1-2,4-5H2,(H,16,17). The minimum absolute atomic E-state index is 0.245. The molecule has 1 N–H and O–H groups in total. The summed E-state index contributed by atoms with van der Waals surface area (Å²) < 4.78 is 1.68. The number of hydrogen-bond donors (Lipinski definition) is 1. The zero-order valence-corrected chi connectivity index (χ0v) is 9.33. The van der Waals surface area contributed by atoms with Crippen LogP contribution < -0.4 is 0 Å². The van der Waals surface area contributed by atoms with Crippen molar-refractivity contribution < 1.29 is 9.90 Å². The Labute approximate surface area is 98.1 Å². The number of carbonyl (C=O) groups is 1. The number of carboxylic acid groups (broad SMARTS) is 1. The minimum Gasteiger partial charge on any atom is -0.477 e. The number of aromatic nitrogens is 3. The van der Waals surface area contributed by atoms with E-state index in [1.54, 1.807) is 22.6 Å². The quantitative estimate of drug-likeness (QED) is 0.859. The number of nitrogens with zero attached hydrogens (tertiary/aromatic N) is 3. The fraction of sp³-hybridized carbons (Fsp3) is 0.417. The molecule has 0 amide bonds. The van der Waals surface area contributed by atoms with Gasteiger partial charge in [-0.05, 0) is 25.0 Å². The van der Waals surface area contributed by atoms with Crippen molar-refractivity contribution in [3.05, 3.63) is 29.7 Å². The van der Waals surface area contributed by atoms with Gasteiger partial charge in [-0.1, -0.05) is 18.9 Å². The number of pyridine rings is 1. The molecule has 3 rings (SSSR count). The maximum atomic E-state index is 11.2. The largest absolute Gasteiger partial charge is 0.477 e. The average Bonchev–Trinajstić information content (AvgIpc) is 2.96. The summed E-state index contributed by atoms with van der Waals surface area (Å²) >= 11 is 0. The lowest BCUT2D eigenvalue weighted by Crippen LogP contribution is -2.09. The van der Waals surface area contributed by atoms with Gasteiger partial charge in [0.15, 0.2) is 5.65 Å². The van der Waals surface area contributed by atoms with Gasteiger partial charge in [-0.15, -0.1) is 10.2 Å². The van der Waals surface area contributed by atoms with Crippen LogP contribution in [0.4, 0.5) is 0 Å². The van der Waals surface area contributed by atoms with Gasteiger partial charge in [0.05, 0.1) is 0 Å². The first kappa shape index (κ1) is 10.3. The molecule has 1 saturated carbocycles. The summed E-state index contributed by atoms with van der Waals surface area (Å²) in [6.07, 6.45) is 4.53. The molecule has 0 saturated heterocycles.